The molecule has 1 aromatic carbocycles. The highest BCUT2D eigenvalue weighted by molar-refractivity contribution is 5.93. The molecular weight excluding hydrogens is 260 g/mol. The van der Waals surface area contributed by atoms with Gasteiger partial charge in [0.15, 0.2) is 0 Å². The summed E-state index contributed by atoms with van der Waals surface area (Å²) < 4.78 is 5.87. The van der Waals surface area contributed by atoms with Crippen molar-refractivity contribution in [1.29, 1.82) is 0 Å². The van der Waals surface area contributed by atoms with Crippen LogP contribution in [-0.4, -0.2) is 12.1 Å². The first kappa shape index (κ1) is 15.8. The smallest absolute Gasteiger partial charge is 0.339 e. The Balaban J connectivity index is 2.08. The molecule has 1 unspecified atom stereocenters. The number of carbonyl (C=O) groups is 1. The molecule has 0 aliphatic heterocycles. The van der Waals surface area contributed by atoms with Crippen molar-refractivity contribution in [2.75, 3.05) is 0 Å². The highest BCUT2D eigenvalue weighted by Gasteiger charge is 2.27. The predicted molar refractivity (Wildman–Crippen MR) is 87.2 cm³/mol. The van der Waals surface area contributed by atoms with Gasteiger partial charge in [-0.3, -0.25) is 0 Å². The van der Waals surface area contributed by atoms with Crippen LogP contribution < -0.4 is 0 Å². The number of hydrogen-bond donors (Lipinski definition) is 0. The van der Waals surface area contributed by atoms with E-state index < -0.39 is 0 Å². The number of esters is 1. The van der Waals surface area contributed by atoms with Crippen LogP contribution in [0.2, 0.25) is 0 Å². The van der Waals surface area contributed by atoms with Gasteiger partial charge in [-0.2, -0.15) is 0 Å². The summed E-state index contributed by atoms with van der Waals surface area (Å²) in [5.74, 6) is 0.341. The predicted octanol–water partition coefficient (Wildman–Crippen LogP) is 5.24. The van der Waals surface area contributed by atoms with Gasteiger partial charge in [-0.25, -0.2) is 4.79 Å². The maximum absolute atomic E-state index is 12.5. The Kier molecular flexibility index (Phi) is 6.04. The molecule has 1 aliphatic carbocycles. The van der Waals surface area contributed by atoms with Crippen molar-refractivity contribution in [3.63, 3.8) is 0 Å². The SMILES string of the molecule is C=Cc1ccccc1C(=O)OC(CCC)C1CCCCC1. The van der Waals surface area contributed by atoms with Crippen LogP contribution in [0.4, 0.5) is 0 Å². The van der Waals surface area contributed by atoms with Crippen molar-refractivity contribution in [2.24, 2.45) is 5.92 Å². The minimum Gasteiger partial charge on any atom is -0.458 e. The summed E-state index contributed by atoms with van der Waals surface area (Å²) in [6.45, 7) is 5.93. The van der Waals surface area contributed by atoms with E-state index in [1.807, 2.05) is 24.3 Å². The number of benzene rings is 1. The van der Waals surface area contributed by atoms with E-state index in [1.54, 1.807) is 6.08 Å². The summed E-state index contributed by atoms with van der Waals surface area (Å²) in [5, 5.41) is 0. The summed E-state index contributed by atoms with van der Waals surface area (Å²) in [7, 11) is 0. The second-order valence-corrected chi connectivity index (χ2v) is 5.92. The molecule has 2 nitrogen and oxygen atoms in total. The third kappa shape index (κ3) is 4.20. The molecule has 2 heteroatoms. The van der Waals surface area contributed by atoms with Gasteiger partial charge in [0.05, 0.1) is 5.56 Å². The molecule has 1 fully saturated rings. The lowest BCUT2D eigenvalue weighted by atomic mass is 9.83. The minimum atomic E-state index is -0.200. The van der Waals surface area contributed by atoms with E-state index in [9.17, 15) is 4.79 Å². The minimum absolute atomic E-state index is 0.0701. The zero-order valence-corrected chi connectivity index (χ0v) is 13.0. The Morgan fingerprint density at radius 3 is 2.71 bits per heavy atom. The summed E-state index contributed by atoms with van der Waals surface area (Å²) in [6, 6.07) is 7.51. The van der Waals surface area contributed by atoms with Crippen LogP contribution in [0, 0.1) is 5.92 Å². The number of hydrogen-bond acceptors (Lipinski definition) is 2. The molecular formula is C19H26O2. The van der Waals surface area contributed by atoms with Gasteiger partial charge in [0, 0.05) is 0 Å². The van der Waals surface area contributed by atoms with Gasteiger partial charge in [-0.1, -0.05) is 63.5 Å². The van der Waals surface area contributed by atoms with E-state index in [0.29, 0.717) is 11.5 Å². The molecule has 1 aliphatic rings. The quantitative estimate of drug-likeness (QED) is 0.669. The molecule has 1 saturated carbocycles. The molecule has 21 heavy (non-hydrogen) atoms. The number of ether oxygens (including phenoxy) is 1. The van der Waals surface area contributed by atoms with Gasteiger partial charge in [-0.05, 0) is 36.8 Å². The fraction of sp³-hybridized carbons (Fsp3) is 0.526. The van der Waals surface area contributed by atoms with E-state index in [-0.39, 0.29) is 12.1 Å². The van der Waals surface area contributed by atoms with Crippen LogP contribution >= 0.6 is 0 Å². The van der Waals surface area contributed by atoms with Gasteiger partial charge < -0.3 is 4.74 Å². The summed E-state index contributed by atoms with van der Waals surface area (Å²) in [6.07, 6.45) is 10.1. The molecule has 114 valence electrons. The molecule has 1 aromatic rings. The van der Waals surface area contributed by atoms with Crippen molar-refractivity contribution in [2.45, 2.75) is 58.0 Å². The average molecular weight is 286 g/mol. The Morgan fingerprint density at radius 2 is 2.05 bits per heavy atom. The van der Waals surface area contributed by atoms with E-state index in [4.69, 9.17) is 4.74 Å². The fourth-order valence-corrected chi connectivity index (χ4v) is 3.24. The van der Waals surface area contributed by atoms with Crippen molar-refractivity contribution < 1.29 is 9.53 Å². The third-order valence-corrected chi connectivity index (χ3v) is 4.41. The van der Waals surface area contributed by atoms with Crippen LogP contribution in [0.15, 0.2) is 30.8 Å². The van der Waals surface area contributed by atoms with Crippen LogP contribution in [0.5, 0.6) is 0 Å². The molecule has 0 amide bonds. The second-order valence-electron chi connectivity index (χ2n) is 5.92. The lowest BCUT2D eigenvalue weighted by molar-refractivity contribution is 0.00456. The Labute approximate surface area is 128 Å². The van der Waals surface area contributed by atoms with E-state index in [0.717, 1.165) is 18.4 Å². The third-order valence-electron chi connectivity index (χ3n) is 4.41. The lowest BCUT2D eigenvalue weighted by Crippen LogP contribution is -2.29. The molecule has 0 saturated heterocycles. The first-order valence-corrected chi connectivity index (χ1v) is 8.18. The summed E-state index contributed by atoms with van der Waals surface area (Å²) >= 11 is 0. The fourth-order valence-electron chi connectivity index (χ4n) is 3.24. The molecule has 2 rings (SSSR count). The first-order chi connectivity index (χ1) is 10.3. The Hall–Kier alpha value is -1.57. The van der Waals surface area contributed by atoms with Gasteiger partial charge >= 0.3 is 5.97 Å². The molecule has 0 aromatic heterocycles. The maximum atomic E-state index is 12.5. The van der Waals surface area contributed by atoms with Gasteiger partial charge in [0.25, 0.3) is 0 Å². The molecule has 0 radical (unpaired) electrons. The van der Waals surface area contributed by atoms with Crippen molar-refractivity contribution in [3.05, 3.63) is 42.0 Å². The standard InChI is InChI=1S/C19H26O2/c1-3-10-18(16-12-6-5-7-13-16)21-19(20)17-14-9-8-11-15(17)4-2/h4,8-9,11,14,16,18H,2-3,5-7,10,12-13H2,1H3. The van der Waals surface area contributed by atoms with E-state index in [1.165, 1.54) is 32.1 Å². The van der Waals surface area contributed by atoms with E-state index >= 15 is 0 Å². The normalized spacial score (nSPS) is 17.2. The number of rotatable bonds is 6. The monoisotopic (exact) mass is 286 g/mol. The second kappa shape index (κ2) is 8.02. The van der Waals surface area contributed by atoms with Crippen LogP contribution in [0.25, 0.3) is 6.08 Å². The molecule has 1 atom stereocenters. The average Bonchev–Trinajstić information content (AvgIpc) is 2.55. The summed E-state index contributed by atoms with van der Waals surface area (Å²) in [5.41, 5.74) is 1.48. The molecule has 0 bridgehead atoms. The maximum Gasteiger partial charge on any atom is 0.339 e. The Bertz CT molecular complexity index is 472. The van der Waals surface area contributed by atoms with Gasteiger partial charge in [-0.15, -0.1) is 0 Å². The highest BCUT2D eigenvalue weighted by atomic mass is 16.5. The van der Waals surface area contributed by atoms with E-state index in [2.05, 4.69) is 13.5 Å². The van der Waals surface area contributed by atoms with Crippen molar-refractivity contribution in [1.82, 2.24) is 0 Å². The lowest BCUT2D eigenvalue weighted by Gasteiger charge is -2.30. The zero-order chi connectivity index (χ0) is 15.1. The molecule has 0 heterocycles. The zero-order valence-electron chi connectivity index (χ0n) is 13.0. The Morgan fingerprint density at radius 1 is 1.33 bits per heavy atom. The van der Waals surface area contributed by atoms with Crippen LogP contribution in [0.1, 0.15) is 67.8 Å². The number of carbonyl (C=O) groups excluding carboxylic acids is 1. The highest BCUT2D eigenvalue weighted by Crippen LogP contribution is 2.30. The van der Waals surface area contributed by atoms with Gasteiger partial charge in [0.1, 0.15) is 6.10 Å². The molecule has 0 spiro atoms. The molecule has 0 N–H and O–H groups in total. The van der Waals surface area contributed by atoms with Crippen LogP contribution in [0.3, 0.4) is 0 Å². The summed E-state index contributed by atoms with van der Waals surface area (Å²) in [4.78, 5) is 12.5. The van der Waals surface area contributed by atoms with Crippen molar-refractivity contribution >= 4 is 12.0 Å². The van der Waals surface area contributed by atoms with Gasteiger partial charge in [0.2, 0.25) is 0 Å². The largest absolute Gasteiger partial charge is 0.458 e. The topological polar surface area (TPSA) is 26.3 Å². The van der Waals surface area contributed by atoms with Crippen LogP contribution in [-0.2, 0) is 4.74 Å². The first-order valence-electron chi connectivity index (χ1n) is 8.18. The van der Waals surface area contributed by atoms with Crippen molar-refractivity contribution in [3.8, 4) is 0 Å².